The summed E-state index contributed by atoms with van der Waals surface area (Å²) in [7, 11) is 0. The van der Waals surface area contributed by atoms with E-state index in [1.54, 1.807) is 0 Å². The van der Waals surface area contributed by atoms with Gasteiger partial charge < -0.3 is 14.0 Å². The number of rotatable bonds is 6. The molecule has 0 atom stereocenters. The highest BCUT2D eigenvalue weighted by molar-refractivity contribution is 5.85. The normalized spacial score (nSPS) is 10.7. The van der Waals surface area contributed by atoms with Crippen molar-refractivity contribution in [2.24, 2.45) is 0 Å². The van der Waals surface area contributed by atoms with E-state index in [4.69, 9.17) is 14.5 Å². The molecule has 0 N–H and O–H groups in total. The van der Waals surface area contributed by atoms with Crippen molar-refractivity contribution in [2.75, 3.05) is 13.2 Å². The van der Waals surface area contributed by atoms with E-state index < -0.39 is 0 Å². The predicted molar refractivity (Wildman–Crippen MR) is 122 cm³/mol. The summed E-state index contributed by atoms with van der Waals surface area (Å²) in [5.41, 5.74) is 4.82. The summed E-state index contributed by atoms with van der Waals surface area (Å²) in [5.74, 6) is 8.35. The third-order valence-electron chi connectivity index (χ3n) is 5.13. The van der Waals surface area contributed by atoms with Gasteiger partial charge in [0.1, 0.15) is 18.2 Å². The van der Waals surface area contributed by atoms with Crippen LogP contribution in [0.2, 0.25) is 0 Å². The second-order valence-electron chi connectivity index (χ2n) is 7.27. The Hall–Kier alpha value is -3.62. The lowest BCUT2D eigenvalue weighted by atomic mass is 10.2. The van der Waals surface area contributed by atoms with E-state index in [9.17, 15) is 0 Å². The molecule has 5 heteroatoms. The minimum Gasteiger partial charge on any atom is -0.437 e. The van der Waals surface area contributed by atoms with Gasteiger partial charge in [0.05, 0.1) is 12.1 Å². The molecule has 2 heterocycles. The molecule has 5 nitrogen and oxygen atoms in total. The van der Waals surface area contributed by atoms with Crippen LogP contribution in [-0.4, -0.2) is 27.7 Å². The smallest absolute Gasteiger partial charge is 0.247 e. The minimum atomic E-state index is 0.391. The average molecular weight is 412 g/mol. The highest BCUT2D eigenvalue weighted by Crippen LogP contribution is 2.31. The van der Waals surface area contributed by atoms with Gasteiger partial charge in [-0.1, -0.05) is 48.2 Å². The number of aryl methyl sites for hydroxylation is 3. The molecule has 31 heavy (non-hydrogen) atoms. The standard InChI is InChI=1S/C26H25N3O2/c1-19-20(2)27-26(31-23-14-8-5-9-15-23)24-25(19)29(21(3)28-24)16-18-30-17-10-13-22-11-6-4-7-12-22/h4-9,11-12,14-15H,16-18H2,1-3H3. The molecule has 0 fully saturated rings. The van der Waals surface area contributed by atoms with Gasteiger partial charge in [-0.3, -0.25) is 0 Å². The molecular formula is C26H25N3O2. The van der Waals surface area contributed by atoms with Gasteiger partial charge >= 0.3 is 0 Å². The first-order chi connectivity index (χ1) is 15.1. The second-order valence-corrected chi connectivity index (χ2v) is 7.27. The summed E-state index contributed by atoms with van der Waals surface area (Å²) >= 11 is 0. The van der Waals surface area contributed by atoms with Gasteiger partial charge in [-0.25, -0.2) is 9.97 Å². The van der Waals surface area contributed by atoms with Gasteiger partial charge in [-0.05, 0) is 50.6 Å². The van der Waals surface area contributed by atoms with E-state index in [1.807, 2.05) is 74.5 Å². The Bertz CT molecular complexity index is 1240. The van der Waals surface area contributed by atoms with E-state index in [0.29, 0.717) is 25.6 Å². The molecule has 2 aromatic carbocycles. The zero-order valence-electron chi connectivity index (χ0n) is 18.1. The summed E-state index contributed by atoms with van der Waals surface area (Å²) in [4.78, 5) is 9.41. The maximum atomic E-state index is 6.06. The van der Waals surface area contributed by atoms with Crippen molar-refractivity contribution in [1.29, 1.82) is 0 Å². The summed E-state index contributed by atoms with van der Waals surface area (Å²) in [6.45, 7) is 7.68. The van der Waals surface area contributed by atoms with Crippen LogP contribution in [0.4, 0.5) is 0 Å². The number of pyridine rings is 1. The molecule has 0 saturated carbocycles. The fourth-order valence-electron chi connectivity index (χ4n) is 3.44. The third-order valence-corrected chi connectivity index (χ3v) is 5.13. The molecule has 0 saturated heterocycles. The molecule has 0 aliphatic heterocycles. The number of nitrogens with zero attached hydrogens (tertiary/aromatic N) is 3. The molecule has 0 radical (unpaired) electrons. The zero-order chi connectivity index (χ0) is 21.6. The summed E-state index contributed by atoms with van der Waals surface area (Å²) in [6.07, 6.45) is 0. The van der Waals surface area contributed by atoms with Crippen LogP contribution >= 0.6 is 0 Å². The van der Waals surface area contributed by atoms with E-state index in [2.05, 4.69) is 28.3 Å². The number of hydrogen-bond donors (Lipinski definition) is 0. The number of fused-ring (bicyclic) bond motifs is 1. The monoisotopic (exact) mass is 411 g/mol. The van der Waals surface area contributed by atoms with Gasteiger partial charge in [0.2, 0.25) is 5.88 Å². The van der Waals surface area contributed by atoms with Crippen molar-refractivity contribution >= 4 is 11.0 Å². The summed E-state index contributed by atoms with van der Waals surface area (Å²) in [6, 6.07) is 19.6. The number of imidazole rings is 1. The van der Waals surface area contributed by atoms with Crippen LogP contribution in [0.1, 0.15) is 22.6 Å². The molecule has 2 aromatic heterocycles. The Balaban J connectivity index is 1.50. The Morgan fingerprint density at radius 2 is 1.61 bits per heavy atom. The van der Waals surface area contributed by atoms with Gasteiger partial charge in [-0.2, -0.15) is 0 Å². The van der Waals surface area contributed by atoms with Crippen LogP contribution in [0.3, 0.4) is 0 Å². The fraction of sp³-hybridized carbons (Fsp3) is 0.231. The lowest BCUT2D eigenvalue weighted by Crippen LogP contribution is -2.09. The van der Waals surface area contributed by atoms with Crippen LogP contribution in [-0.2, 0) is 11.3 Å². The van der Waals surface area contributed by atoms with Crippen molar-refractivity contribution in [3.05, 3.63) is 83.3 Å². The van der Waals surface area contributed by atoms with Crippen LogP contribution in [0.15, 0.2) is 60.7 Å². The lowest BCUT2D eigenvalue weighted by Gasteiger charge is -2.12. The third kappa shape index (κ3) is 4.76. The first kappa shape index (κ1) is 20.6. The lowest BCUT2D eigenvalue weighted by molar-refractivity contribution is 0.158. The minimum absolute atomic E-state index is 0.391. The largest absolute Gasteiger partial charge is 0.437 e. The summed E-state index contributed by atoms with van der Waals surface area (Å²) in [5, 5.41) is 0. The average Bonchev–Trinajstić information content (AvgIpc) is 3.12. The SMILES string of the molecule is Cc1nc(Oc2ccccc2)c2nc(C)n(CCOCC#Cc3ccccc3)c2c1C. The Kier molecular flexibility index (Phi) is 6.30. The van der Waals surface area contributed by atoms with Crippen LogP contribution in [0, 0.1) is 32.6 Å². The van der Waals surface area contributed by atoms with Crippen LogP contribution < -0.4 is 4.74 Å². The Morgan fingerprint density at radius 1 is 0.903 bits per heavy atom. The Morgan fingerprint density at radius 3 is 2.35 bits per heavy atom. The Labute approximate surface area is 182 Å². The molecule has 156 valence electrons. The molecule has 0 unspecified atom stereocenters. The van der Waals surface area contributed by atoms with Crippen molar-refractivity contribution in [3.63, 3.8) is 0 Å². The number of benzene rings is 2. The first-order valence-corrected chi connectivity index (χ1v) is 10.3. The first-order valence-electron chi connectivity index (χ1n) is 10.3. The molecule has 0 bridgehead atoms. The molecule has 4 aromatic rings. The number of aromatic nitrogens is 3. The zero-order valence-corrected chi connectivity index (χ0v) is 18.1. The van der Waals surface area contributed by atoms with Gasteiger partial charge in [-0.15, -0.1) is 0 Å². The second kappa shape index (κ2) is 9.46. The van der Waals surface area contributed by atoms with Gasteiger partial charge in [0, 0.05) is 17.8 Å². The fourth-order valence-corrected chi connectivity index (χ4v) is 3.44. The van der Waals surface area contributed by atoms with E-state index >= 15 is 0 Å². The number of para-hydroxylation sites is 1. The van der Waals surface area contributed by atoms with E-state index in [1.165, 1.54) is 0 Å². The van der Waals surface area contributed by atoms with Crippen molar-refractivity contribution < 1.29 is 9.47 Å². The van der Waals surface area contributed by atoms with Crippen molar-refractivity contribution in [2.45, 2.75) is 27.3 Å². The summed E-state index contributed by atoms with van der Waals surface area (Å²) < 4.78 is 14.0. The maximum absolute atomic E-state index is 6.06. The van der Waals surface area contributed by atoms with Crippen molar-refractivity contribution in [1.82, 2.24) is 14.5 Å². The van der Waals surface area contributed by atoms with E-state index in [0.717, 1.165) is 39.4 Å². The molecule has 0 spiro atoms. The quantitative estimate of drug-likeness (QED) is 0.323. The van der Waals surface area contributed by atoms with Gasteiger partial charge in [0.25, 0.3) is 0 Å². The topological polar surface area (TPSA) is 49.2 Å². The number of hydrogen-bond acceptors (Lipinski definition) is 4. The van der Waals surface area contributed by atoms with Crippen LogP contribution in [0.5, 0.6) is 11.6 Å². The highest BCUT2D eigenvalue weighted by Gasteiger charge is 2.18. The molecule has 0 aliphatic rings. The number of ether oxygens (including phenoxy) is 2. The van der Waals surface area contributed by atoms with E-state index in [-0.39, 0.29) is 0 Å². The maximum Gasteiger partial charge on any atom is 0.247 e. The predicted octanol–water partition coefficient (Wildman–Crippen LogP) is 5.22. The van der Waals surface area contributed by atoms with Crippen molar-refractivity contribution in [3.8, 4) is 23.5 Å². The molecule has 0 amide bonds. The molecular weight excluding hydrogens is 386 g/mol. The molecule has 0 aliphatic carbocycles. The molecule has 4 rings (SSSR count). The highest BCUT2D eigenvalue weighted by atomic mass is 16.5. The van der Waals surface area contributed by atoms with Gasteiger partial charge in [0.15, 0.2) is 5.52 Å². The van der Waals surface area contributed by atoms with Crippen LogP contribution in [0.25, 0.3) is 11.0 Å².